The molecule has 0 radical (unpaired) electrons. The summed E-state index contributed by atoms with van der Waals surface area (Å²) < 4.78 is 5.41. The van der Waals surface area contributed by atoms with Gasteiger partial charge in [0.05, 0.1) is 0 Å². The van der Waals surface area contributed by atoms with Crippen molar-refractivity contribution >= 4 is 117 Å². The summed E-state index contributed by atoms with van der Waals surface area (Å²) in [6, 6.07) is 72.7. The van der Waals surface area contributed by atoms with Crippen molar-refractivity contribution in [3.63, 3.8) is 0 Å². The van der Waals surface area contributed by atoms with Crippen LogP contribution in [0.2, 0.25) is 0 Å². The van der Waals surface area contributed by atoms with Crippen molar-refractivity contribution in [2.45, 2.75) is 0 Å². The van der Waals surface area contributed by atoms with Gasteiger partial charge in [0, 0.05) is 40.3 Å². The molecule has 268 valence electrons. The van der Waals surface area contributed by atoms with E-state index in [4.69, 9.17) is 0 Å². The molecule has 13 rings (SSSR count). The van der Waals surface area contributed by atoms with Gasteiger partial charge in [-0.1, -0.05) is 152 Å². The van der Waals surface area contributed by atoms with Crippen molar-refractivity contribution in [1.82, 2.24) is 0 Å². The van der Waals surface area contributed by atoms with Crippen LogP contribution in [-0.2, 0) is 0 Å². The highest BCUT2D eigenvalue weighted by molar-refractivity contribution is 7.28. The highest BCUT2D eigenvalue weighted by Crippen LogP contribution is 2.48. The van der Waals surface area contributed by atoms with Crippen LogP contribution in [0.3, 0.4) is 0 Å². The summed E-state index contributed by atoms with van der Waals surface area (Å²) in [6.07, 6.45) is 0. The van der Waals surface area contributed by atoms with E-state index in [0.29, 0.717) is 0 Å². The lowest BCUT2D eigenvalue weighted by molar-refractivity contribution is 1.67. The average Bonchev–Trinajstić information content (AvgIpc) is 3.83. The van der Waals surface area contributed by atoms with E-state index in [1.807, 2.05) is 22.7 Å². The van der Waals surface area contributed by atoms with Gasteiger partial charge in [0.2, 0.25) is 0 Å². The van der Waals surface area contributed by atoms with Crippen LogP contribution in [0.1, 0.15) is 0 Å². The molecule has 0 atom stereocenters. The first-order chi connectivity index (χ1) is 28.7. The largest absolute Gasteiger partial charge is 0.135 e. The van der Waals surface area contributed by atoms with Crippen LogP contribution in [-0.4, -0.2) is 0 Å². The monoisotopic (exact) mass is 768 g/mol. The first kappa shape index (κ1) is 32.3. The van der Waals surface area contributed by atoms with Crippen LogP contribution in [0.5, 0.6) is 0 Å². The third-order valence-electron chi connectivity index (χ3n) is 12.4. The van der Waals surface area contributed by atoms with Crippen LogP contribution < -0.4 is 0 Å². The fraction of sp³-hybridized carbons (Fsp3) is 0. The number of rotatable bonds is 3. The highest BCUT2D eigenvalue weighted by atomic mass is 32.1. The lowest BCUT2D eigenvalue weighted by Gasteiger charge is -2.18. The average molecular weight is 769 g/mol. The van der Waals surface area contributed by atoms with Gasteiger partial charge < -0.3 is 0 Å². The Morgan fingerprint density at radius 1 is 0.241 bits per heavy atom. The highest BCUT2D eigenvalue weighted by Gasteiger charge is 2.19. The lowest BCUT2D eigenvalue weighted by atomic mass is 9.85. The van der Waals surface area contributed by atoms with Crippen molar-refractivity contribution < 1.29 is 0 Å². The predicted molar refractivity (Wildman–Crippen MR) is 256 cm³/mol. The van der Waals surface area contributed by atoms with E-state index in [-0.39, 0.29) is 0 Å². The second-order valence-corrected chi connectivity index (χ2v) is 17.7. The van der Waals surface area contributed by atoms with Crippen LogP contribution in [0.4, 0.5) is 0 Å². The van der Waals surface area contributed by atoms with E-state index in [0.717, 1.165) is 0 Å². The number of fused-ring (bicyclic) bond motifs is 12. The Hall–Kier alpha value is -6.84. The van der Waals surface area contributed by atoms with Gasteiger partial charge in [0.15, 0.2) is 0 Å². The second kappa shape index (κ2) is 12.3. The number of hydrogen-bond donors (Lipinski definition) is 0. The summed E-state index contributed by atoms with van der Waals surface area (Å²) in [5, 5.41) is 18.2. The van der Waals surface area contributed by atoms with Gasteiger partial charge in [-0.3, -0.25) is 0 Å². The van der Waals surface area contributed by atoms with Crippen molar-refractivity contribution in [1.29, 1.82) is 0 Å². The van der Waals surface area contributed by atoms with Gasteiger partial charge in [0.25, 0.3) is 0 Å². The third kappa shape index (κ3) is 4.74. The summed E-state index contributed by atoms with van der Waals surface area (Å²) in [5.41, 5.74) is 7.60. The first-order valence-corrected chi connectivity index (χ1v) is 21.5. The molecular formula is C56H32S2. The Bertz CT molecular complexity index is 3800. The molecule has 2 aromatic heterocycles. The summed E-state index contributed by atoms with van der Waals surface area (Å²) >= 11 is 3.82. The fourth-order valence-electron chi connectivity index (χ4n) is 9.76. The molecule has 0 saturated carbocycles. The Morgan fingerprint density at radius 2 is 0.707 bits per heavy atom. The molecule has 0 unspecified atom stereocenters. The zero-order valence-corrected chi connectivity index (χ0v) is 32.9. The molecule has 0 nitrogen and oxygen atoms in total. The van der Waals surface area contributed by atoms with E-state index in [1.54, 1.807) is 0 Å². The molecule has 2 heteroatoms. The van der Waals surface area contributed by atoms with Crippen molar-refractivity contribution in [3.05, 3.63) is 194 Å². The molecule has 0 N–H and O–H groups in total. The van der Waals surface area contributed by atoms with Gasteiger partial charge in [-0.2, -0.15) is 0 Å². The molecule has 0 amide bonds. The summed E-state index contributed by atoms with van der Waals surface area (Å²) in [6.45, 7) is 0. The molecule has 0 saturated heterocycles. The minimum Gasteiger partial charge on any atom is -0.135 e. The molecule has 13 aromatic rings. The summed E-state index contributed by atoms with van der Waals surface area (Å²) in [4.78, 5) is 0. The lowest BCUT2D eigenvalue weighted by Crippen LogP contribution is -1.91. The predicted octanol–water partition coefficient (Wildman–Crippen LogP) is 17.2. The maximum Gasteiger partial charge on any atom is 0.0370 e. The second-order valence-electron chi connectivity index (χ2n) is 15.6. The SMILES string of the molecule is c1ccc2cc(-c3c4ccccc4c(-c4ccc5cc(-c6cc7sc8cc9sc%10ccccc%10c9cc8c7c7ccccc67)ccc5c4)c4ccccc34)ccc2c1. The minimum atomic E-state index is 1.24. The van der Waals surface area contributed by atoms with Gasteiger partial charge in [-0.25, -0.2) is 0 Å². The fourth-order valence-corrected chi connectivity index (χ4v) is 12.1. The molecule has 2 heterocycles. The molecule has 0 aliphatic heterocycles. The molecule has 0 aliphatic rings. The molecule has 0 bridgehead atoms. The smallest absolute Gasteiger partial charge is 0.0370 e. The van der Waals surface area contributed by atoms with E-state index in [1.165, 1.54) is 128 Å². The molecule has 11 aromatic carbocycles. The molecule has 0 fully saturated rings. The zero-order chi connectivity index (χ0) is 37.9. The van der Waals surface area contributed by atoms with E-state index in [2.05, 4.69) is 194 Å². The Morgan fingerprint density at radius 3 is 1.38 bits per heavy atom. The quantitative estimate of drug-likeness (QED) is 0.157. The van der Waals surface area contributed by atoms with Gasteiger partial charge in [-0.15, -0.1) is 22.7 Å². The first-order valence-electron chi connectivity index (χ1n) is 19.9. The Labute approximate surface area is 342 Å². The van der Waals surface area contributed by atoms with Crippen molar-refractivity contribution in [3.8, 4) is 33.4 Å². The topological polar surface area (TPSA) is 0 Å². The van der Waals surface area contributed by atoms with Crippen molar-refractivity contribution in [2.75, 3.05) is 0 Å². The molecule has 0 aliphatic carbocycles. The summed E-state index contributed by atoms with van der Waals surface area (Å²) in [5.74, 6) is 0. The van der Waals surface area contributed by atoms with Crippen LogP contribution >= 0.6 is 22.7 Å². The van der Waals surface area contributed by atoms with Crippen LogP contribution in [0.15, 0.2) is 194 Å². The zero-order valence-electron chi connectivity index (χ0n) is 31.3. The van der Waals surface area contributed by atoms with Crippen LogP contribution in [0, 0.1) is 0 Å². The van der Waals surface area contributed by atoms with E-state index < -0.39 is 0 Å². The molecule has 58 heavy (non-hydrogen) atoms. The van der Waals surface area contributed by atoms with E-state index >= 15 is 0 Å². The number of hydrogen-bond acceptors (Lipinski definition) is 2. The summed E-state index contributed by atoms with van der Waals surface area (Å²) in [7, 11) is 0. The van der Waals surface area contributed by atoms with Gasteiger partial charge in [0.1, 0.15) is 0 Å². The van der Waals surface area contributed by atoms with E-state index in [9.17, 15) is 0 Å². The van der Waals surface area contributed by atoms with Gasteiger partial charge in [-0.05, 0) is 130 Å². The van der Waals surface area contributed by atoms with Gasteiger partial charge >= 0.3 is 0 Å². The van der Waals surface area contributed by atoms with Crippen LogP contribution in [0.25, 0.3) is 128 Å². The third-order valence-corrected chi connectivity index (χ3v) is 14.6. The Balaban J connectivity index is 0.971. The normalized spacial score (nSPS) is 12.1. The Kier molecular flexibility index (Phi) is 6.86. The minimum absolute atomic E-state index is 1.24. The standard InChI is InChI=1S/C56H32S2/c1-2-12-34-28-38(25-21-33(34)11-1)54-43-16-5-7-18-45(43)55(46-19-8-6-17-44(46)54)39-26-23-35-27-37(24-22-36(35)29-39)47-31-53-56(42-15-4-3-13-40(42)47)49-30-48-41-14-9-10-20-50(41)57-51(48)32-52(49)58-53/h1-32H. The number of benzene rings is 11. The molecule has 0 spiro atoms. The maximum atomic E-state index is 2.45. The molecular weight excluding hydrogens is 737 g/mol. The maximum absolute atomic E-state index is 2.45. The number of thiophene rings is 2. The van der Waals surface area contributed by atoms with Crippen molar-refractivity contribution in [2.24, 2.45) is 0 Å².